The van der Waals surface area contributed by atoms with E-state index in [0.717, 1.165) is 29.0 Å². The number of likely N-dealkylation sites (tertiary alicyclic amines) is 1. The highest BCUT2D eigenvalue weighted by molar-refractivity contribution is 5.89. The van der Waals surface area contributed by atoms with Crippen LogP contribution in [0.4, 0.5) is 11.5 Å². The number of amides is 1. The number of fused-ring (bicyclic) bond motifs is 2. The van der Waals surface area contributed by atoms with E-state index in [1.165, 1.54) is 23.7 Å². The fourth-order valence-corrected chi connectivity index (χ4v) is 4.34. The predicted octanol–water partition coefficient (Wildman–Crippen LogP) is 2.59. The van der Waals surface area contributed by atoms with Gasteiger partial charge in [0.05, 0.1) is 29.4 Å². The van der Waals surface area contributed by atoms with E-state index in [4.69, 9.17) is 0 Å². The number of carbonyl (C=O) groups excluding carboxylic acids is 1. The number of carbonyl (C=O) groups is 1. The molecule has 8 heteroatoms. The fourth-order valence-electron chi connectivity index (χ4n) is 4.34. The molecule has 0 aliphatic carbocycles. The van der Waals surface area contributed by atoms with Crippen molar-refractivity contribution in [2.24, 2.45) is 0 Å². The van der Waals surface area contributed by atoms with E-state index in [1.807, 2.05) is 12.1 Å². The van der Waals surface area contributed by atoms with Crippen molar-refractivity contribution in [2.75, 3.05) is 30.0 Å². The maximum absolute atomic E-state index is 11.8. The monoisotopic (exact) mass is 427 g/mol. The molecule has 5 rings (SSSR count). The molecule has 3 N–H and O–H groups in total. The van der Waals surface area contributed by atoms with Crippen molar-refractivity contribution in [3.05, 3.63) is 60.6 Å². The molecule has 1 aromatic carbocycles. The van der Waals surface area contributed by atoms with Gasteiger partial charge in [0.15, 0.2) is 0 Å². The summed E-state index contributed by atoms with van der Waals surface area (Å²) in [5.41, 5.74) is 7.43. The lowest BCUT2D eigenvalue weighted by atomic mass is 10.1. The molecule has 3 aromatic rings. The molecule has 2 atom stereocenters. The summed E-state index contributed by atoms with van der Waals surface area (Å²) in [5, 5.41) is 6.43. The maximum Gasteiger partial charge on any atom is 0.246 e. The van der Waals surface area contributed by atoms with Crippen molar-refractivity contribution in [3.63, 3.8) is 0 Å². The number of nitrogens with one attached hydrogen (secondary N) is 3. The minimum Gasteiger partial charge on any atom is -0.365 e. The SMILES string of the molecule is C=CC(=O)N1CCC(Nc2ncnc3[nH]c(C#CCN4NC(C)c5ccccc54)cc23)C1. The molecule has 4 heterocycles. The minimum absolute atomic E-state index is 0.0363. The van der Waals surface area contributed by atoms with Gasteiger partial charge >= 0.3 is 0 Å². The topological polar surface area (TPSA) is 89.2 Å². The standard InChI is InChI=1S/C24H25N7O/c1-3-22(32)30-12-10-18(14-30)28-24-20-13-17(27-23(20)25-15-26-24)7-6-11-31-21-9-5-4-8-19(21)16(2)29-31/h3-5,8-9,13,15-16,18,29H,1,10-12,14H2,2H3,(H2,25,26,27,28). The second-order valence-electron chi connectivity index (χ2n) is 8.08. The van der Waals surface area contributed by atoms with Gasteiger partial charge in [-0.25, -0.2) is 15.4 Å². The van der Waals surface area contributed by atoms with E-state index in [-0.39, 0.29) is 18.0 Å². The second-order valence-corrected chi connectivity index (χ2v) is 8.08. The first-order chi connectivity index (χ1) is 15.6. The number of aromatic nitrogens is 3. The molecule has 32 heavy (non-hydrogen) atoms. The number of hydrogen-bond acceptors (Lipinski definition) is 6. The van der Waals surface area contributed by atoms with E-state index < -0.39 is 0 Å². The molecule has 0 spiro atoms. The van der Waals surface area contributed by atoms with Gasteiger partial charge in [-0.1, -0.05) is 30.7 Å². The zero-order valence-corrected chi connectivity index (χ0v) is 17.9. The average Bonchev–Trinajstić information content (AvgIpc) is 3.52. The first-order valence-corrected chi connectivity index (χ1v) is 10.8. The number of H-pyrrole nitrogens is 1. The lowest BCUT2D eigenvalue weighted by molar-refractivity contribution is -0.125. The summed E-state index contributed by atoms with van der Waals surface area (Å²) >= 11 is 0. The molecule has 0 bridgehead atoms. The average molecular weight is 428 g/mol. The Balaban J connectivity index is 1.29. The number of anilines is 2. The van der Waals surface area contributed by atoms with Gasteiger partial charge in [-0.05, 0) is 43.0 Å². The Labute approximate surface area is 186 Å². The Hall–Kier alpha value is -3.83. The van der Waals surface area contributed by atoms with Gasteiger partial charge in [-0.3, -0.25) is 9.80 Å². The summed E-state index contributed by atoms with van der Waals surface area (Å²) in [7, 11) is 0. The largest absolute Gasteiger partial charge is 0.365 e. The molecule has 2 aromatic heterocycles. The molecule has 1 fully saturated rings. The van der Waals surface area contributed by atoms with Crippen LogP contribution >= 0.6 is 0 Å². The lowest BCUT2D eigenvalue weighted by Gasteiger charge is -2.16. The predicted molar refractivity (Wildman–Crippen MR) is 125 cm³/mol. The highest BCUT2D eigenvalue weighted by Crippen LogP contribution is 2.31. The summed E-state index contributed by atoms with van der Waals surface area (Å²) in [6.45, 7) is 7.64. The summed E-state index contributed by atoms with van der Waals surface area (Å²) in [5.74, 6) is 7.17. The summed E-state index contributed by atoms with van der Waals surface area (Å²) in [6, 6.07) is 10.7. The number of benzene rings is 1. The van der Waals surface area contributed by atoms with Gasteiger partial charge < -0.3 is 15.2 Å². The Morgan fingerprint density at radius 2 is 2.25 bits per heavy atom. The van der Waals surface area contributed by atoms with Crippen LogP contribution < -0.4 is 15.8 Å². The lowest BCUT2D eigenvalue weighted by Crippen LogP contribution is -2.33. The molecule has 0 saturated carbocycles. The van der Waals surface area contributed by atoms with Crippen LogP contribution in [0.25, 0.3) is 11.0 Å². The number of nitrogens with zero attached hydrogens (tertiary/aromatic N) is 4. The number of rotatable bonds is 4. The second kappa shape index (κ2) is 8.36. The third-order valence-electron chi connectivity index (χ3n) is 5.94. The van der Waals surface area contributed by atoms with Crippen LogP contribution in [-0.4, -0.2) is 51.4 Å². The fraction of sp³-hybridized carbons (Fsp3) is 0.292. The Morgan fingerprint density at radius 1 is 1.38 bits per heavy atom. The van der Waals surface area contributed by atoms with E-state index in [0.29, 0.717) is 19.6 Å². The van der Waals surface area contributed by atoms with Crippen molar-refractivity contribution >= 4 is 28.4 Å². The van der Waals surface area contributed by atoms with Crippen LogP contribution in [0.15, 0.2) is 49.3 Å². The molecule has 8 nitrogen and oxygen atoms in total. The smallest absolute Gasteiger partial charge is 0.246 e. The van der Waals surface area contributed by atoms with E-state index in [9.17, 15) is 4.79 Å². The van der Waals surface area contributed by atoms with Gasteiger partial charge in [0.25, 0.3) is 0 Å². The Morgan fingerprint density at radius 3 is 3.12 bits per heavy atom. The van der Waals surface area contributed by atoms with Gasteiger partial charge in [0.2, 0.25) is 5.91 Å². The summed E-state index contributed by atoms with van der Waals surface area (Å²) in [4.78, 5) is 25.7. The van der Waals surface area contributed by atoms with Gasteiger partial charge in [0.1, 0.15) is 17.8 Å². The molecule has 1 saturated heterocycles. The molecule has 2 unspecified atom stereocenters. The quantitative estimate of drug-likeness (QED) is 0.438. The number of hydrazine groups is 1. The third-order valence-corrected chi connectivity index (χ3v) is 5.94. The first kappa shape index (κ1) is 20.1. The molecule has 2 aliphatic rings. The van der Waals surface area contributed by atoms with Crippen molar-refractivity contribution in [1.82, 2.24) is 25.3 Å². The van der Waals surface area contributed by atoms with Crippen LogP contribution in [0.5, 0.6) is 0 Å². The highest BCUT2D eigenvalue weighted by atomic mass is 16.2. The third kappa shape index (κ3) is 3.79. The van der Waals surface area contributed by atoms with E-state index in [2.05, 4.69) is 74.2 Å². The van der Waals surface area contributed by atoms with Gasteiger partial charge in [0, 0.05) is 19.1 Å². The van der Waals surface area contributed by atoms with Crippen LogP contribution in [0, 0.1) is 11.8 Å². The van der Waals surface area contributed by atoms with Gasteiger partial charge in [-0.15, -0.1) is 0 Å². The Kier molecular flexibility index (Phi) is 5.25. The summed E-state index contributed by atoms with van der Waals surface area (Å²) in [6.07, 6.45) is 3.76. The van der Waals surface area contributed by atoms with E-state index >= 15 is 0 Å². The molecule has 2 aliphatic heterocycles. The zero-order chi connectivity index (χ0) is 22.1. The summed E-state index contributed by atoms with van der Waals surface area (Å²) < 4.78 is 0. The zero-order valence-electron chi connectivity index (χ0n) is 17.9. The first-order valence-electron chi connectivity index (χ1n) is 10.8. The van der Waals surface area contributed by atoms with Crippen LogP contribution in [-0.2, 0) is 4.79 Å². The normalized spacial score (nSPS) is 19.5. The maximum atomic E-state index is 11.8. The van der Waals surface area contributed by atoms with Crippen LogP contribution in [0.1, 0.15) is 30.6 Å². The number of aromatic amines is 1. The van der Waals surface area contributed by atoms with Crippen molar-refractivity contribution in [3.8, 4) is 11.8 Å². The molecular weight excluding hydrogens is 402 g/mol. The highest BCUT2D eigenvalue weighted by Gasteiger charge is 2.26. The Bertz CT molecular complexity index is 1240. The van der Waals surface area contributed by atoms with E-state index in [1.54, 1.807) is 4.90 Å². The van der Waals surface area contributed by atoms with Gasteiger partial charge in [-0.2, -0.15) is 0 Å². The molecule has 162 valence electrons. The molecule has 0 radical (unpaired) electrons. The molecule has 1 amide bonds. The number of para-hydroxylation sites is 1. The number of hydrogen-bond donors (Lipinski definition) is 3. The van der Waals surface area contributed by atoms with Crippen molar-refractivity contribution < 1.29 is 4.79 Å². The minimum atomic E-state index is -0.0363. The van der Waals surface area contributed by atoms with Crippen molar-refractivity contribution in [1.29, 1.82) is 0 Å². The van der Waals surface area contributed by atoms with Crippen molar-refractivity contribution in [2.45, 2.75) is 25.4 Å². The molecular formula is C24H25N7O. The van der Waals surface area contributed by atoms with Crippen LogP contribution in [0.3, 0.4) is 0 Å². The van der Waals surface area contributed by atoms with Crippen LogP contribution in [0.2, 0.25) is 0 Å².